The van der Waals surface area contributed by atoms with E-state index in [4.69, 9.17) is 4.74 Å². The second-order valence-electron chi connectivity index (χ2n) is 6.65. The van der Waals surface area contributed by atoms with Crippen molar-refractivity contribution in [2.24, 2.45) is 0 Å². The van der Waals surface area contributed by atoms with Crippen LogP contribution in [0.25, 0.3) is 0 Å². The Bertz CT molecular complexity index is 890. The van der Waals surface area contributed by atoms with Crippen LogP contribution in [0, 0.1) is 0 Å². The summed E-state index contributed by atoms with van der Waals surface area (Å²) in [5, 5.41) is 2.82. The molecule has 1 aromatic heterocycles. The van der Waals surface area contributed by atoms with Gasteiger partial charge < -0.3 is 19.9 Å². The number of esters is 1. The monoisotopic (exact) mass is 396 g/mol. The Morgan fingerprint density at radius 1 is 1.03 bits per heavy atom. The number of piperazine rings is 1. The molecule has 2 amide bonds. The lowest BCUT2D eigenvalue weighted by molar-refractivity contribution is -0.129. The molecule has 0 saturated carbocycles. The van der Waals surface area contributed by atoms with Crippen LogP contribution in [0.3, 0.4) is 0 Å². The second kappa shape index (κ2) is 9.18. The summed E-state index contributed by atoms with van der Waals surface area (Å²) in [6, 6.07) is 9.93. The van der Waals surface area contributed by atoms with Crippen LogP contribution in [-0.2, 0) is 9.53 Å². The Balaban J connectivity index is 1.64. The third kappa shape index (κ3) is 5.10. The van der Waals surface area contributed by atoms with Crippen molar-refractivity contribution in [2.45, 2.75) is 13.8 Å². The van der Waals surface area contributed by atoms with Crippen molar-refractivity contribution in [3.63, 3.8) is 0 Å². The minimum atomic E-state index is -0.394. The van der Waals surface area contributed by atoms with Gasteiger partial charge in [-0.15, -0.1) is 0 Å². The van der Waals surface area contributed by atoms with Crippen LogP contribution in [-0.4, -0.2) is 60.5 Å². The quantitative estimate of drug-likeness (QED) is 0.779. The normalized spacial score (nSPS) is 13.7. The van der Waals surface area contributed by atoms with E-state index in [9.17, 15) is 14.4 Å². The number of aromatic nitrogens is 1. The molecule has 8 nitrogen and oxygen atoms in total. The Hall–Kier alpha value is -3.42. The first-order valence-electron chi connectivity index (χ1n) is 9.53. The number of ether oxygens (including phenoxy) is 1. The van der Waals surface area contributed by atoms with E-state index in [0.29, 0.717) is 55.4 Å². The van der Waals surface area contributed by atoms with Crippen molar-refractivity contribution >= 4 is 29.3 Å². The predicted molar refractivity (Wildman–Crippen MR) is 109 cm³/mol. The summed E-state index contributed by atoms with van der Waals surface area (Å²) in [5.74, 6) is 0.118. The van der Waals surface area contributed by atoms with Crippen LogP contribution in [0.4, 0.5) is 11.5 Å². The number of anilines is 2. The number of carbonyl (C=O) groups is 3. The van der Waals surface area contributed by atoms with Crippen molar-refractivity contribution in [2.75, 3.05) is 43.0 Å². The second-order valence-corrected chi connectivity index (χ2v) is 6.65. The molecule has 0 atom stereocenters. The third-order valence-corrected chi connectivity index (χ3v) is 4.71. The first-order chi connectivity index (χ1) is 14.0. The maximum atomic E-state index is 12.6. The molecule has 1 fully saturated rings. The fourth-order valence-corrected chi connectivity index (χ4v) is 3.09. The minimum Gasteiger partial charge on any atom is -0.462 e. The number of hydrogen-bond donors (Lipinski definition) is 1. The molecule has 1 aromatic carbocycles. The van der Waals surface area contributed by atoms with Crippen LogP contribution >= 0.6 is 0 Å². The number of benzene rings is 1. The minimum absolute atomic E-state index is 0.0692. The highest BCUT2D eigenvalue weighted by molar-refractivity contribution is 6.04. The van der Waals surface area contributed by atoms with Crippen LogP contribution in [0.5, 0.6) is 0 Å². The number of carbonyl (C=O) groups excluding carboxylic acids is 3. The smallest absolute Gasteiger partial charge is 0.338 e. The third-order valence-electron chi connectivity index (χ3n) is 4.71. The van der Waals surface area contributed by atoms with E-state index in [2.05, 4.69) is 15.2 Å². The average Bonchev–Trinajstić information content (AvgIpc) is 2.74. The van der Waals surface area contributed by atoms with Gasteiger partial charge in [0.05, 0.1) is 12.2 Å². The van der Waals surface area contributed by atoms with Gasteiger partial charge in [0.25, 0.3) is 5.91 Å². The van der Waals surface area contributed by atoms with E-state index in [-0.39, 0.29) is 11.8 Å². The zero-order valence-corrected chi connectivity index (χ0v) is 16.6. The summed E-state index contributed by atoms with van der Waals surface area (Å²) >= 11 is 0. The van der Waals surface area contributed by atoms with E-state index in [0.717, 1.165) is 0 Å². The lowest BCUT2D eigenvalue weighted by Gasteiger charge is -2.35. The Morgan fingerprint density at radius 2 is 1.72 bits per heavy atom. The fraction of sp³-hybridized carbons (Fsp3) is 0.333. The highest BCUT2D eigenvalue weighted by Crippen LogP contribution is 2.17. The van der Waals surface area contributed by atoms with Gasteiger partial charge in [-0.2, -0.15) is 0 Å². The van der Waals surface area contributed by atoms with Gasteiger partial charge in [0.15, 0.2) is 0 Å². The number of amides is 2. The molecule has 0 aliphatic carbocycles. The molecule has 1 aliphatic rings. The molecule has 1 aliphatic heterocycles. The van der Waals surface area contributed by atoms with Gasteiger partial charge in [0.2, 0.25) is 5.91 Å². The molecule has 0 radical (unpaired) electrons. The number of rotatable bonds is 5. The van der Waals surface area contributed by atoms with Gasteiger partial charge in [0.1, 0.15) is 5.82 Å². The number of nitrogens with zero attached hydrogens (tertiary/aromatic N) is 3. The molecular weight excluding hydrogens is 372 g/mol. The average molecular weight is 396 g/mol. The highest BCUT2D eigenvalue weighted by Gasteiger charge is 2.20. The highest BCUT2D eigenvalue weighted by atomic mass is 16.5. The number of nitrogens with one attached hydrogen (secondary N) is 1. The molecule has 1 saturated heterocycles. The molecule has 152 valence electrons. The molecule has 3 rings (SSSR count). The molecule has 2 heterocycles. The van der Waals surface area contributed by atoms with Gasteiger partial charge in [-0.3, -0.25) is 9.59 Å². The predicted octanol–water partition coefficient (Wildman–Crippen LogP) is 2.18. The summed E-state index contributed by atoms with van der Waals surface area (Å²) in [5.41, 5.74) is 1.50. The van der Waals surface area contributed by atoms with Gasteiger partial charge in [-0.1, -0.05) is 0 Å². The summed E-state index contributed by atoms with van der Waals surface area (Å²) < 4.78 is 4.95. The van der Waals surface area contributed by atoms with Crippen molar-refractivity contribution < 1.29 is 19.1 Å². The van der Waals surface area contributed by atoms with Crippen LogP contribution in [0.15, 0.2) is 42.6 Å². The zero-order valence-electron chi connectivity index (χ0n) is 16.6. The van der Waals surface area contributed by atoms with Crippen LogP contribution in [0.1, 0.15) is 34.6 Å². The van der Waals surface area contributed by atoms with Crippen LogP contribution in [0.2, 0.25) is 0 Å². The van der Waals surface area contributed by atoms with Gasteiger partial charge >= 0.3 is 5.97 Å². The fourth-order valence-electron chi connectivity index (χ4n) is 3.09. The molecule has 2 aromatic rings. The van der Waals surface area contributed by atoms with Gasteiger partial charge in [-0.25, -0.2) is 9.78 Å². The first-order valence-corrected chi connectivity index (χ1v) is 9.53. The Kier molecular flexibility index (Phi) is 6.43. The Morgan fingerprint density at radius 3 is 2.34 bits per heavy atom. The van der Waals surface area contributed by atoms with Crippen molar-refractivity contribution in [1.29, 1.82) is 0 Å². The van der Waals surface area contributed by atoms with E-state index in [1.165, 1.54) is 0 Å². The summed E-state index contributed by atoms with van der Waals surface area (Å²) in [7, 11) is 0. The molecule has 0 spiro atoms. The maximum absolute atomic E-state index is 12.6. The zero-order chi connectivity index (χ0) is 20.8. The van der Waals surface area contributed by atoms with Crippen molar-refractivity contribution in [1.82, 2.24) is 9.88 Å². The van der Waals surface area contributed by atoms with E-state index >= 15 is 0 Å². The lowest BCUT2D eigenvalue weighted by atomic mass is 10.2. The molecule has 0 unspecified atom stereocenters. The summed E-state index contributed by atoms with van der Waals surface area (Å²) in [4.78, 5) is 44.0. The standard InChI is InChI=1S/C21H24N4O4/c1-3-29-21(28)16-4-6-18(7-5-16)23-20(27)17-8-9-22-19(14-17)25-12-10-24(11-13-25)15(2)26/h4-9,14H,3,10-13H2,1-2H3,(H,23,27). The van der Waals surface area contributed by atoms with Gasteiger partial charge in [0, 0.05) is 50.6 Å². The summed E-state index contributed by atoms with van der Waals surface area (Å²) in [6.07, 6.45) is 1.60. The van der Waals surface area contributed by atoms with Gasteiger partial charge in [-0.05, 0) is 43.3 Å². The summed E-state index contributed by atoms with van der Waals surface area (Å²) in [6.45, 7) is 6.25. The molecule has 0 bridgehead atoms. The lowest BCUT2D eigenvalue weighted by Crippen LogP contribution is -2.48. The maximum Gasteiger partial charge on any atom is 0.338 e. The number of hydrogen-bond acceptors (Lipinski definition) is 6. The van der Waals surface area contributed by atoms with Crippen LogP contribution < -0.4 is 10.2 Å². The molecular formula is C21H24N4O4. The van der Waals surface area contributed by atoms with Crippen molar-refractivity contribution in [3.05, 3.63) is 53.7 Å². The molecule has 29 heavy (non-hydrogen) atoms. The van der Waals surface area contributed by atoms with E-state index in [1.807, 2.05) is 0 Å². The van der Waals surface area contributed by atoms with E-state index < -0.39 is 5.97 Å². The molecule has 8 heteroatoms. The SMILES string of the molecule is CCOC(=O)c1ccc(NC(=O)c2ccnc(N3CCN(C(C)=O)CC3)c2)cc1. The van der Waals surface area contributed by atoms with Crippen molar-refractivity contribution in [3.8, 4) is 0 Å². The van der Waals surface area contributed by atoms with E-state index in [1.54, 1.807) is 61.3 Å². The Labute approximate surface area is 169 Å². The topological polar surface area (TPSA) is 91.8 Å². The molecule has 1 N–H and O–H groups in total. The number of pyridine rings is 1. The largest absolute Gasteiger partial charge is 0.462 e. The first kappa shape index (κ1) is 20.3.